The number of aromatic nitrogens is 1. The van der Waals surface area contributed by atoms with Crippen molar-refractivity contribution in [3.8, 4) is 6.07 Å². The van der Waals surface area contributed by atoms with E-state index >= 15 is 0 Å². The van der Waals surface area contributed by atoms with Gasteiger partial charge in [-0.3, -0.25) is 10.1 Å². The van der Waals surface area contributed by atoms with Crippen LogP contribution in [0.2, 0.25) is 0 Å². The summed E-state index contributed by atoms with van der Waals surface area (Å²) < 4.78 is 0. The standard InChI is InChI=1S/C11H12N4O2/c1-11(3-2-4-11)14-10-9(15(16)17)5-8(6-12)7-13-10/h5,7H,2-4H2,1H3,(H,13,14). The van der Waals surface area contributed by atoms with E-state index in [0.717, 1.165) is 19.3 Å². The van der Waals surface area contributed by atoms with Gasteiger partial charge in [0.25, 0.3) is 0 Å². The smallest absolute Gasteiger partial charge is 0.312 e. The maximum absolute atomic E-state index is 10.9. The lowest BCUT2D eigenvalue weighted by Crippen LogP contribution is -2.42. The maximum atomic E-state index is 10.9. The van der Waals surface area contributed by atoms with Crippen LogP contribution in [0.5, 0.6) is 0 Å². The SMILES string of the molecule is CC1(Nc2ncc(C#N)cc2[N+](=O)[O-])CCC1. The van der Waals surface area contributed by atoms with E-state index in [1.807, 2.05) is 13.0 Å². The van der Waals surface area contributed by atoms with Crippen LogP contribution in [-0.2, 0) is 0 Å². The van der Waals surface area contributed by atoms with E-state index in [4.69, 9.17) is 5.26 Å². The first-order chi connectivity index (χ1) is 8.04. The quantitative estimate of drug-likeness (QED) is 0.637. The Kier molecular flexibility index (Phi) is 2.68. The Morgan fingerprint density at radius 3 is 2.82 bits per heavy atom. The number of pyridine rings is 1. The summed E-state index contributed by atoms with van der Waals surface area (Å²) in [5.74, 6) is 0.246. The molecule has 0 saturated heterocycles. The van der Waals surface area contributed by atoms with Crippen LogP contribution in [0.1, 0.15) is 31.7 Å². The van der Waals surface area contributed by atoms with Crippen molar-refractivity contribution in [2.24, 2.45) is 0 Å². The summed E-state index contributed by atoms with van der Waals surface area (Å²) in [6.45, 7) is 2.01. The molecule has 1 saturated carbocycles. The third kappa shape index (κ3) is 2.18. The van der Waals surface area contributed by atoms with Crippen LogP contribution in [0.25, 0.3) is 0 Å². The summed E-state index contributed by atoms with van der Waals surface area (Å²) in [6, 6.07) is 3.09. The summed E-state index contributed by atoms with van der Waals surface area (Å²) in [4.78, 5) is 14.3. The van der Waals surface area contributed by atoms with Crippen molar-refractivity contribution < 1.29 is 4.92 Å². The lowest BCUT2D eigenvalue weighted by molar-refractivity contribution is -0.384. The van der Waals surface area contributed by atoms with Gasteiger partial charge in [0, 0.05) is 17.8 Å². The van der Waals surface area contributed by atoms with Crippen LogP contribution < -0.4 is 5.32 Å². The molecule has 0 aliphatic heterocycles. The molecule has 1 heterocycles. The predicted molar refractivity (Wildman–Crippen MR) is 61.5 cm³/mol. The van der Waals surface area contributed by atoms with Crippen molar-refractivity contribution in [1.29, 1.82) is 5.26 Å². The van der Waals surface area contributed by atoms with E-state index in [1.165, 1.54) is 12.3 Å². The Morgan fingerprint density at radius 1 is 1.65 bits per heavy atom. The number of rotatable bonds is 3. The largest absolute Gasteiger partial charge is 0.359 e. The summed E-state index contributed by atoms with van der Waals surface area (Å²) in [5.41, 5.74) is -0.0514. The lowest BCUT2D eigenvalue weighted by Gasteiger charge is -2.39. The molecule has 0 spiro atoms. The van der Waals surface area contributed by atoms with Crippen molar-refractivity contribution >= 4 is 11.5 Å². The molecule has 6 heteroatoms. The van der Waals surface area contributed by atoms with Crippen LogP contribution in [0.15, 0.2) is 12.3 Å². The summed E-state index contributed by atoms with van der Waals surface area (Å²) in [5, 5.41) is 22.7. The fourth-order valence-corrected chi connectivity index (χ4v) is 1.87. The van der Waals surface area contributed by atoms with Crippen molar-refractivity contribution in [2.45, 2.75) is 31.7 Å². The first-order valence-electron chi connectivity index (χ1n) is 5.37. The zero-order chi connectivity index (χ0) is 12.5. The van der Waals surface area contributed by atoms with E-state index in [2.05, 4.69) is 10.3 Å². The first-order valence-corrected chi connectivity index (χ1v) is 5.37. The second-order valence-electron chi connectivity index (χ2n) is 4.50. The summed E-state index contributed by atoms with van der Waals surface area (Å²) in [7, 11) is 0. The monoisotopic (exact) mass is 232 g/mol. The highest BCUT2D eigenvalue weighted by molar-refractivity contribution is 5.59. The molecule has 88 valence electrons. The van der Waals surface area contributed by atoms with E-state index in [9.17, 15) is 10.1 Å². The average Bonchev–Trinajstić information content (AvgIpc) is 2.27. The molecule has 6 nitrogen and oxygen atoms in total. The second kappa shape index (κ2) is 4.01. The second-order valence-corrected chi connectivity index (χ2v) is 4.50. The third-order valence-electron chi connectivity index (χ3n) is 3.07. The number of nitriles is 1. The molecule has 1 aromatic heterocycles. The van der Waals surface area contributed by atoms with Crippen molar-refractivity contribution in [1.82, 2.24) is 4.98 Å². The molecule has 0 amide bonds. The molecule has 0 unspecified atom stereocenters. The molecule has 17 heavy (non-hydrogen) atoms. The van der Waals surface area contributed by atoms with Crippen molar-refractivity contribution in [3.63, 3.8) is 0 Å². The molecule has 0 radical (unpaired) electrons. The van der Waals surface area contributed by atoms with Gasteiger partial charge in [-0.25, -0.2) is 4.98 Å². The fourth-order valence-electron chi connectivity index (χ4n) is 1.87. The Balaban J connectivity index is 2.33. The van der Waals surface area contributed by atoms with Gasteiger partial charge in [-0.05, 0) is 26.2 Å². The molecule has 0 atom stereocenters. The minimum absolute atomic E-state index is 0.105. The molecular formula is C11H12N4O2. The van der Waals surface area contributed by atoms with Gasteiger partial charge in [-0.1, -0.05) is 0 Å². The molecule has 2 rings (SSSR count). The van der Waals surface area contributed by atoms with Gasteiger partial charge in [0.15, 0.2) is 0 Å². The number of hydrogen-bond acceptors (Lipinski definition) is 5. The fraction of sp³-hybridized carbons (Fsp3) is 0.455. The van der Waals surface area contributed by atoms with Crippen molar-refractivity contribution in [3.05, 3.63) is 27.9 Å². The maximum Gasteiger partial charge on any atom is 0.312 e. The van der Waals surface area contributed by atoms with Gasteiger partial charge in [0.1, 0.15) is 6.07 Å². The van der Waals surface area contributed by atoms with Gasteiger partial charge in [0.05, 0.1) is 10.5 Å². The minimum atomic E-state index is -0.516. The van der Waals surface area contributed by atoms with Crippen molar-refractivity contribution in [2.75, 3.05) is 5.32 Å². The van der Waals surface area contributed by atoms with E-state index in [-0.39, 0.29) is 22.6 Å². The van der Waals surface area contributed by atoms with Crippen LogP contribution >= 0.6 is 0 Å². The molecular weight excluding hydrogens is 220 g/mol. The van der Waals surface area contributed by atoms with Gasteiger partial charge < -0.3 is 5.32 Å². The van der Waals surface area contributed by atoms with E-state index in [0.29, 0.717) is 0 Å². The molecule has 1 fully saturated rings. The molecule has 1 N–H and O–H groups in total. The molecule has 1 aromatic rings. The van der Waals surface area contributed by atoms with Crippen LogP contribution in [0.3, 0.4) is 0 Å². The normalized spacial score (nSPS) is 16.7. The zero-order valence-electron chi connectivity index (χ0n) is 9.43. The van der Waals surface area contributed by atoms with Gasteiger partial charge >= 0.3 is 5.69 Å². The number of nitro groups is 1. The molecule has 0 aromatic carbocycles. The molecule has 1 aliphatic rings. The number of anilines is 1. The molecule has 1 aliphatic carbocycles. The average molecular weight is 232 g/mol. The number of nitrogens with one attached hydrogen (secondary N) is 1. The van der Waals surface area contributed by atoms with Gasteiger partial charge in [0.2, 0.25) is 5.82 Å². The lowest BCUT2D eigenvalue weighted by atomic mass is 9.78. The topological polar surface area (TPSA) is 91.8 Å². The minimum Gasteiger partial charge on any atom is -0.359 e. The van der Waals surface area contributed by atoms with Crippen LogP contribution in [-0.4, -0.2) is 15.4 Å². The number of hydrogen-bond donors (Lipinski definition) is 1. The highest BCUT2D eigenvalue weighted by Gasteiger charge is 2.34. The highest BCUT2D eigenvalue weighted by Crippen LogP contribution is 2.36. The molecule has 0 bridgehead atoms. The Morgan fingerprint density at radius 2 is 2.35 bits per heavy atom. The predicted octanol–water partition coefficient (Wildman–Crippen LogP) is 2.22. The Bertz CT molecular complexity index is 503. The first kappa shape index (κ1) is 11.3. The third-order valence-corrected chi connectivity index (χ3v) is 3.07. The van der Waals surface area contributed by atoms with Gasteiger partial charge in [-0.15, -0.1) is 0 Å². The number of nitrogens with zero attached hydrogens (tertiary/aromatic N) is 3. The highest BCUT2D eigenvalue weighted by atomic mass is 16.6. The van der Waals surface area contributed by atoms with Crippen LogP contribution in [0, 0.1) is 21.4 Å². The van der Waals surface area contributed by atoms with E-state index < -0.39 is 4.92 Å². The Labute approximate surface area is 98.4 Å². The Hall–Kier alpha value is -2.16. The zero-order valence-corrected chi connectivity index (χ0v) is 9.43. The van der Waals surface area contributed by atoms with E-state index in [1.54, 1.807) is 0 Å². The van der Waals surface area contributed by atoms with Crippen LogP contribution in [0.4, 0.5) is 11.5 Å². The summed E-state index contributed by atoms with van der Waals surface area (Å²) >= 11 is 0. The summed E-state index contributed by atoms with van der Waals surface area (Å²) in [6.07, 6.45) is 4.42. The van der Waals surface area contributed by atoms with Gasteiger partial charge in [-0.2, -0.15) is 5.26 Å².